The lowest BCUT2D eigenvalue weighted by Crippen LogP contribution is -2.03. The predicted molar refractivity (Wildman–Crippen MR) is 43.5 cm³/mol. The SMILES string of the molecule is Br.C1CCNC1.P. The Labute approximate surface area is 58.6 Å². The van der Waals surface area contributed by atoms with Gasteiger partial charge < -0.3 is 5.32 Å². The third-order valence-corrected chi connectivity index (χ3v) is 0.957. The van der Waals surface area contributed by atoms with Crippen molar-refractivity contribution >= 4 is 26.9 Å². The summed E-state index contributed by atoms with van der Waals surface area (Å²) in [5, 5.41) is 3.22. The van der Waals surface area contributed by atoms with Gasteiger partial charge in [0.1, 0.15) is 0 Å². The van der Waals surface area contributed by atoms with Crippen molar-refractivity contribution in [3.8, 4) is 0 Å². The van der Waals surface area contributed by atoms with Crippen molar-refractivity contribution in [2.75, 3.05) is 13.1 Å². The van der Waals surface area contributed by atoms with Crippen LogP contribution in [-0.4, -0.2) is 13.1 Å². The third-order valence-electron chi connectivity index (χ3n) is 0.957. The maximum atomic E-state index is 3.22. The van der Waals surface area contributed by atoms with E-state index in [1.165, 1.54) is 25.9 Å². The number of hydrogen-bond acceptors (Lipinski definition) is 1. The first-order chi connectivity index (χ1) is 2.50. The molecule has 1 heterocycles. The topological polar surface area (TPSA) is 12.0 Å². The Balaban J connectivity index is 0. The van der Waals surface area contributed by atoms with Crippen LogP contribution < -0.4 is 5.32 Å². The molecule has 0 bridgehead atoms. The lowest BCUT2D eigenvalue weighted by molar-refractivity contribution is 0.857. The molecule has 0 aromatic carbocycles. The molecule has 1 atom stereocenters. The van der Waals surface area contributed by atoms with Gasteiger partial charge in [0.05, 0.1) is 0 Å². The lowest BCUT2D eigenvalue weighted by atomic mass is 10.4. The van der Waals surface area contributed by atoms with Crippen LogP contribution in [-0.2, 0) is 0 Å². The average Bonchev–Trinajstić information content (AvgIpc) is 1.76. The minimum Gasteiger partial charge on any atom is -0.317 e. The summed E-state index contributed by atoms with van der Waals surface area (Å²) in [5.41, 5.74) is 0. The molecule has 46 valence electrons. The largest absolute Gasteiger partial charge is 0.317 e. The molecule has 0 aromatic heterocycles. The molecule has 0 aromatic rings. The van der Waals surface area contributed by atoms with Gasteiger partial charge in [-0.05, 0) is 25.9 Å². The van der Waals surface area contributed by atoms with E-state index < -0.39 is 0 Å². The second-order valence-electron chi connectivity index (χ2n) is 1.46. The van der Waals surface area contributed by atoms with Crippen molar-refractivity contribution in [3.63, 3.8) is 0 Å². The van der Waals surface area contributed by atoms with Crippen LogP contribution in [0.4, 0.5) is 0 Å². The Morgan fingerprint density at radius 2 is 1.43 bits per heavy atom. The summed E-state index contributed by atoms with van der Waals surface area (Å²) in [5.74, 6) is 0. The van der Waals surface area contributed by atoms with Crippen LogP contribution in [0.2, 0.25) is 0 Å². The quantitative estimate of drug-likeness (QED) is 0.556. The smallest absolute Gasteiger partial charge is 0.00484 e. The monoisotopic (exact) mass is 185 g/mol. The summed E-state index contributed by atoms with van der Waals surface area (Å²) in [6.45, 7) is 2.50. The van der Waals surface area contributed by atoms with Crippen LogP contribution >= 0.6 is 26.9 Å². The molecule has 1 aliphatic heterocycles. The van der Waals surface area contributed by atoms with E-state index in [2.05, 4.69) is 5.32 Å². The van der Waals surface area contributed by atoms with E-state index in [1.54, 1.807) is 0 Å². The Morgan fingerprint density at radius 3 is 1.57 bits per heavy atom. The zero-order chi connectivity index (χ0) is 3.54. The van der Waals surface area contributed by atoms with Gasteiger partial charge in [-0.15, -0.1) is 17.0 Å². The molecule has 1 rings (SSSR count). The van der Waals surface area contributed by atoms with E-state index in [0.29, 0.717) is 0 Å². The van der Waals surface area contributed by atoms with Crippen LogP contribution in [0.1, 0.15) is 12.8 Å². The summed E-state index contributed by atoms with van der Waals surface area (Å²) in [6, 6.07) is 0. The average molecular weight is 186 g/mol. The third kappa shape index (κ3) is 4.73. The Kier molecular flexibility index (Phi) is 10.6. The van der Waals surface area contributed by atoms with Crippen LogP contribution in [0, 0.1) is 0 Å². The number of nitrogens with one attached hydrogen (secondary N) is 1. The molecule has 1 nitrogen and oxygen atoms in total. The van der Waals surface area contributed by atoms with E-state index in [0.717, 1.165) is 0 Å². The summed E-state index contributed by atoms with van der Waals surface area (Å²) in [4.78, 5) is 0. The predicted octanol–water partition coefficient (Wildman–Crippen LogP) is 1.01. The fourth-order valence-corrected chi connectivity index (χ4v) is 0.625. The molecule has 0 saturated carbocycles. The fourth-order valence-electron chi connectivity index (χ4n) is 0.625. The standard InChI is InChI=1S/C4H9N.BrH.H3P/c1-2-4-5-3-1;;/h5H,1-4H2;1H;1H3. The molecular formula is C4H13BrNP. The van der Waals surface area contributed by atoms with Gasteiger partial charge in [0.2, 0.25) is 0 Å². The zero-order valence-corrected chi connectivity index (χ0v) is 7.57. The van der Waals surface area contributed by atoms with E-state index >= 15 is 0 Å². The van der Waals surface area contributed by atoms with Crippen molar-refractivity contribution in [1.82, 2.24) is 5.32 Å². The van der Waals surface area contributed by atoms with Gasteiger partial charge in [-0.2, -0.15) is 9.90 Å². The highest BCUT2D eigenvalue weighted by atomic mass is 79.9. The lowest BCUT2D eigenvalue weighted by Gasteiger charge is -1.76. The minimum absolute atomic E-state index is 0. The Hall–Kier alpha value is 0.870. The second-order valence-corrected chi connectivity index (χ2v) is 1.46. The van der Waals surface area contributed by atoms with E-state index in [-0.39, 0.29) is 26.9 Å². The summed E-state index contributed by atoms with van der Waals surface area (Å²) >= 11 is 0. The molecule has 7 heavy (non-hydrogen) atoms. The van der Waals surface area contributed by atoms with E-state index in [1.807, 2.05) is 0 Å². The molecule has 0 radical (unpaired) electrons. The van der Waals surface area contributed by atoms with Crippen molar-refractivity contribution in [2.24, 2.45) is 0 Å². The first-order valence-electron chi connectivity index (χ1n) is 2.21. The molecule has 0 amide bonds. The van der Waals surface area contributed by atoms with Crippen LogP contribution in [0.5, 0.6) is 0 Å². The van der Waals surface area contributed by atoms with Crippen molar-refractivity contribution in [3.05, 3.63) is 0 Å². The van der Waals surface area contributed by atoms with Gasteiger partial charge >= 0.3 is 0 Å². The molecule has 1 saturated heterocycles. The van der Waals surface area contributed by atoms with E-state index in [9.17, 15) is 0 Å². The number of halogens is 1. The molecule has 0 spiro atoms. The highest BCUT2D eigenvalue weighted by molar-refractivity contribution is 8.93. The molecule has 1 unspecified atom stereocenters. The van der Waals surface area contributed by atoms with Gasteiger partial charge in [-0.3, -0.25) is 0 Å². The van der Waals surface area contributed by atoms with Crippen molar-refractivity contribution < 1.29 is 0 Å². The van der Waals surface area contributed by atoms with Crippen molar-refractivity contribution in [1.29, 1.82) is 0 Å². The molecular weight excluding hydrogens is 173 g/mol. The maximum Gasteiger partial charge on any atom is -0.00484 e. The van der Waals surface area contributed by atoms with Crippen LogP contribution in [0.3, 0.4) is 0 Å². The molecule has 0 aliphatic carbocycles. The normalized spacial score (nSPS) is 17.1. The fraction of sp³-hybridized carbons (Fsp3) is 1.00. The summed E-state index contributed by atoms with van der Waals surface area (Å²) < 4.78 is 0. The van der Waals surface area contributed by atoms with Crippen LogP contribution in [0.15, 0.2) is 0 Å². The first kappa shape index (κ1) is 10.8. The van der Waals surface area contributed by atoms with Gasteiger partial charge in [0.15, 0.2) is 0 Å². The molecule has 1 aliphatic rings. The highest BCUT2D eigenvalue weighted by Gasteiger charge is 1.93. The Bertz CT molecular complexity index is 23.3. The molecule has 1 N–H and O–H groups in total. The Morgan fingerprint density at radius 1 is 1.00 bits per heavy atom. The maximum absolute atomic E-state index is 3.22. The van der Waals surface area contributed by atoms with Crippen molar-refractivity contribution in [2.45, 2.75) is 12.8 Å². The summed E-state index contributed by atoms with van der Waals surface area (Å²) in [6.07, 6.45) is 2.78. The zero-order valence-electron chi connectivity index (χ0n) is 4.44. The first-order valence-corrected chi connectivity index (χ1v) is 2.21. The summed E-state index contributed by atoms with van der Waals surface area (Å²) in [7, 11) is 0. The molecule has 1 fully saturated rings. The highest BCUT2D eigenvalue weighted by Crippen LogP contribution is 1.90. The minimum atomic E-state index is 0. The number of rotatable bonds is 0. The van der Waals surface area contributed by atoms with Gasteiger partial charge in [0.25, 0.3) is 0 Å². The van der Waals surface area contributed by atoms with Gasteiger partial charge in [0, 0.05) is 0 Å². The van der Waals surface area contributed by atoms with Gasteiger partial charge in [-0.1, -0.05) is 0 Å². The number of hydrogen-bond donors (Lipinski definition) is 1. The van der Waals surface area contributed by atoms with Gasteiger partial charge in [-0.25, -0.2) is 0 Å². The van der Waals surface area contributed by atoms with Crippen LogP contribution in [0.25, 0.3) is 0 Å². The van der Waals surface area contributed by atoms with E-state index in [4.69, 9.17) is 0 Å². The molecule has 3 heteroatoms. The second kappa shape index (κ2) is 6.87.